The molecule has 0 bridgehead atoms. The van der Waals surface area contributed by atoms with E-state index in [4.69, 9.17) is 0 Å². The van der Waals surface area contributed by atoms with Crippen LogP contribution in [0.2, 0.25) is 0 Å². The van der Waals surface area contributed by atoms with E-state index < -0.39 is 10.0 Å². The maximum Gasteiger partial charge on any atom is 0.264 e. The minimum atomic E-state index is -3.49. The second kappa shape index (κ2) is 6.94. The zero-order chi connectivity index (χ0) is 16.3. The molecule has 0 saturated heterocycles. The van der Waals surface area contributed by atoms with Gasteiger partial charge in [-0.25, -0.2) is 18.2 Å². The van der Waals surface area contributed by atoms with Crippen molar-refractivity contribution in [1.29, 1.82) is 0 Å². The average molecular weight is 353 g/mol. The fourth-order valence-electron chi connectivity index (χ4n) is 2.79. The highest BCUT2D eigenvalue weighted by atomic mass is 32.2. The van der Waals surface area contributed by atoms with Crippen LogP contribution in [-0.2, 0) is 10.0 Å². The highest BCUT2D eigenvalue weighted by molar-refractivity contribution is 7.91. The number of nitrogens with one attached hydrogen (secondary N) is 2. The molecule has 0 atom stereocenters. The molecular weight excluding hydrogens is 334 g/mol. The Labute approximate surface area is 139 Å². The standard InChI is InChI=1S/C15H19N3O3S2/c19-14-7-6-13(17-18-14)12-8-15(22-10-12)23(20,21)16-9-11-4-2-1-3-5-11/h6-8,10-11,16H,1-5,9H2,(H,18,19). The number of sulfonamides is 1. The fourth-order valence-corrected chi connectivity index (χ4v) is 5.12. The summed E-state index contributed by atoms with van der Waals surface area (Å²) >= 11 is 1.16. The van der Waals surface area contributed by atoms with Crippen molar-refractivity contribution in [1.82, 2.24) is 14.9 Å². The SMILES string of the molecule is O=c1ccc(-c2csc(S(=O)(=O)NCC3CCCCC3)c2)n[nH]1. The zero-order valence-corrected chi connectivity index (χ0v) is 14.3. The molecule has 0 spiro atoms. The molecular formula is C15H19N3O3S2. The van der Waals surface area contributed by atoms with Crippen molar-refractivity contribution in [2.45, 2.75) is 36.3 Å². The van der Waals surface area contributed by atoms with Crippen molar-refractivity contribution in [3.8, 4) is 11.3 Å². The lowest BCUT2D eigenvalue weighted by molar-refractivity contribution is 0.357. The summed E-state index contributed by atoms with van der Waals surface area (Å²) in [6, 6.07) is 4.54. The van der Waals surface area contributed by atoms with Gasteiger partial charge in [-0.1, -0.05) is 19.3 Å². The van der Waals surface area contributed by atoms with E-state index in [9.17, 15) is 13.2 Å². The van der Waals surface area contributed by atoms with Crippen LogP contribution in [0.15, 0.2) is 32.6 Å². The molecule has 8 heteroatoms. The second-order valence-corrected chi connectivity index (χ2v) is 8.72. The molecule has 3 rings (SSSR count). The molecule has 23 heavy (non-hydrogen) atoms. The molecule has 1 fully saturated rings. The molecule has 2 N–H and O–H groups in total. The van der Waals surface area contributed by atoms with E-state index in [2.05, 4.69) is 14.9 Å². The van der Waals surface area contributed by atoms with Crippen LogP contribution in [0, 0.1) is 5.92 Å². The van der Waals surface area contributed by atoms with Gasteiger partial charge in [0.1, 0.15) is 4.21 Å². The first-order valence-electron chi connectivity index (χ1n) is 7.69. The van der Waals surface area contributed by atoms with E-state index in [1.165, 1.54) is 25.3 Å². The van der Waals surface area contributed by atoms with Crippen molar-refractivity contribution >= 4 is 21.4 Å². The Hall–Kier alpha value is -1.51. The Morgan fingerprint density at radius 3 is 2.74 bits per heavy atom. The quantitative estimate of drug-likeness (QED) is 0.863. The highest BCUT2D eigenvalue weighted by Gasteiger charge is 2.20. The van der Waals surface area contributed by atoms with Crippen molar-refractivity contribution in [2.24, 2.45) is 5.92 Å². The van der Waals surface area contributed by atoms with Crippen LogP contribution >= 0.6 is 11.3 Å². The number of H-pyrrole nitrogens is 1. The van der Waals surface area contributed by atoms with Crippen molar-refractivity contribution in [2.75, 3.05) is 6.54 Å². The van der Waals surface area contributed by atoms with Gasteiger partial charge in [0.15, 0.2) is 0 Å². The molecule has 0 unspecified atom stereocenters. The molecule has 0 aromatic carbocycles. The topological polar surface area (TPSA) is 91.9 Å². The Balaban J connectivity index is 1.70. The Kier molecular flexibility index (Phi) is 4.93. The molecule has 1 aliphatic rings. The highest BCUT2D eigenvalue weighted by Crippen LogP contribution is 2.27. The lowest BCUT2D eigenvalue weighted by Gasteiger charge is -2.21. The number of aromatic amines is 1. The number of hydrogen-bond donors (Lipinski definition) is 2. The summed E-state index contributed by atoms with van der Waals surface area (Å²) in [6.45, 7) is 0.506. The van der Waals surface area contributed by atoms with Gasteiger partial charge < -0.3 is 0 Å². The normalized spacial score (nSPS) is 16.5. The lowest BCUT2D eigenvalue weighted by Crippen LogP contribution is -2.29. The predicted molar refractivity (Wildman–Crippen MR) is 89.9 cm³/mol. The third-order valence-electron chi connectivity index (χ3n) is 4.10. The van der Waals surface area contributed by atoms with Gasteiger partial charge in [0, 0.05) is 23.6 Å². The summed E-state index contributed by atoms with van der Waals surface area (Å²) in [5.41, 5.74) is 0.949. The van der Waals surface area contributed by atoms with Crippen LogP contribution in [0.3, 0.4) is 0 Å². The number of aromatic nitrogens is 2. The summed E-state index contributed by atoms with van der Waals surface area (Å²) < 4.78 is 27.8. The fraction of sp³-hybridized carbons (Fsp3) is 0.467. The van der Waals surface area contributed by atoms with Gasteiger partial charge in [-0.05, 0) is 30.9 Å². The summed E-state index contributed by atoms with van der Waals surface area (Å²) in [6.07, 6.45) is 5.82. The van der Waals surface area contributed by atoms with Crippen molar-refractivity contribution in [3.63, 3.8) is 0 Å². The van der Waals surface area contributed by atoms with Gasteiger partial charge >= 0.3 is 0 Å². The lowest BCUT2D eigenvalue weighted by atomic mass is 9.90. The Morgan fingerprint density at radius 2 is 2.04 bits per heavy atom. The van der Waals surface area contributed by atoms with Gasteiger partial charge in [0.05, 0.1) is 5.69 Å². The third kappa shape index (κ3) is 4.07. The first-order valence-corrected chi connectivity index (χ1v) is 10.1. The van der Waals surface area contributed by atoms with E-state index in [0.29, 0.717) is 23.7 Å². The molecule has 2 aromatic heterocycles. The molecule has 2 aromatic rings. The van der Waals surface area contributed by atoms with E-state index >= 15 is 0 Å². The molecule has 1 aliphatic carbocycles. The summed E-state index contributed by atoms with van der Waals surface area (Å²) in [5, 5.41) is 8.00. The predicted octanol–water partition coefficient (Wildman–Crippen LogP) is 2.36. The van der Waals surface area contributed by atoms with E-state index in [1.807, 2.05) is 0 Å². The second-order valence-electron chi connectivity index (χ2n) is 5.82. The van der Waals surface area contributed by atoms with E-state index in [-0.39, 0.29) is 9.77 Å². The van der Waals surface area contributed by atoms with Crippen molar-refractivity contribution < 1.29 is 8.42 Å². The monoisotopic (exact) mass is 353 g/mol. The van der Waals surface area contributed by atoms with Gasteiger partial charge in [-0.15, -0.1) is 11.3 Å². The summed E-state index contributed by atoms with van der Waals surface area (Å²) in [7, 11) is -3.49. The van der Waals surface area contributed by atoms with Gasteiger partial charge in [-0.3, -0.25) is 4.79 Å². The molecule has 0 amide bonds. The zero-order valence-electron chi connectivity index (χ0n) is 12.6. The van der Waals surface area contributed by atoms with Gasteiger partial charge in [0.25, 0.3) is 5.56 Å². The first kappa shape index (κ1) is 16.4. The number of rotatable bonds is 5. The Morgan fingerprint density at radius 1 is 1.26 bits per heavy atom. The smallest absolute Gasteiger partial charge is 0.264 e. The number of thiophene rings is 1. The number of hydrogen-bond acceptors (Lipinski definition) is 5. The Bertz CT molecular complexity index is 800. The summed E-state index contributed by atoms with van der Waals surface area (Å²) in [4.78, 5) is 11.0. The molecule has 2 heterocycles. The van der Waals surface area contributed by atoms with Crippen LogP contribution in [0.1, 0.15) is 32.1 Å². The molecule has 0 radical (unpaired) electrons. The molecule has 6 nitrogen and oxygen atoms in total. The molecule has 0 aliphatic heterocycles. The number of nitrogens with zero attached hydrogens (tertiary/aromatic N) is 1. The van der Waals surface area contributed by atoms with Crippen LogP contribution in [0.5, 0.6) is 0 Å². The minimum absolute atomic E-state index is 0.274. The van der Waals surface area contributed by atoms with Crippen LogP contribution in [-0.4, -0.2) is 25.2 Å². The van der Waals surface area contributed by atoms with Gasteiger partial charge in [-0.2, -0.15) is 5.10 Å². The maximum absolute atomic E-state index is 12.4. The molecule has 1 saturated carbocycles. The van der Waals surface area contributed by atoms with Crippen LogP contribution < -0.4 is 10.3 Å². The van der Waals surface area contributed by atoms with Gasteiger partial charge in [0.2, 0.25) is 10.0 Å². The molecule has 124 valence electrons. The van der Waals surface area contributed by atoms with E-state index in [0.717, 1.165) is 24.2 Å². The third-order valence-corrected chi connectivity index (χ3v) is 6.97. The first-order chi connectivity index (χ1) is 11.0. The minimum Gasteiger partial charge on any atom is -0.268 e. The maximum atomic E-state index is 12.4. The van der Waals surface area contributed by atoms with Crippen LogP contribution in [0.25, 0.3) is 11.3 Å². The van der Waals surface area contributed by atoms with Crippen LogP contribution in [0.4, 0.5) is 0 Å². The average Bonchev–Trinajstić information content (AvgIpc) is 3.06. The largest absolute Gasteiger partial charge is 0.268 e. The summed E-state index contributed by atoms with van der Waals surface area (Å²) in [5.74, 6) is 0.443. The van der Waals surface area contributed by atoms with E-state index in [1.54, 1.807) is 17.5 Å². The van der Waals surface area contributed by atoms with Crippen molar-refractivity contribution in [3.05, 3.63) is 33.9 Å².